The van der Waals surface area contributed by atoms with Crippen molar-refractivity contribution in [2.75, 3.05) is 11.9 Å². The summed E-state index contributed by atoms with van der Waals surface area (Å²) in [4.78, 5) is 36.5. The Balaban J connectivity index is 1.63. The van der Waals surface area contributed by atoms with Gasteiger partial charge in [-0.15, -0.1) is 0 Å². The van der Waals surface area contributed by atoms with Gasteiger partial charge in [-0.1, -0.05) is 22.9 Å². The van der Waals surface area contributed by atoms with Crippen LogP contribution in [-0.4, -0.2) is 30.6 Å². The molecule has 0 aliphatic rings. The fourth-order valence-electron chi connectivity index (χ4n) is 2.71. The zero-order valence-corrected chi connectivity index (χ0v) is 20.2. The molecule has 0 atom stereocenters. The maximum absolute atomic E-state index is 13.0. The van der Waals surface area contributed by atoms with Crippen molar-refractivity contribution in [2.45, 2.75) is 13.3 Å². The fourth-order valence-corrected chi connectivity index (χ4v) is 3.09. The molecule has 8 nitrogen and oxygen atoms in total. The molecule has 180 valence electrons. The van der Waals surface area contributed by atoms with Crippen molar-refractivity contribution in [3.63, 3.8) is 0 Å². The lowest BCUT2D eigenvalue weighted by Crippen LogP contribution is -2.32. The van der Waals surface area contributed by atoms with Crippen LogP contribution in [0.3, 0.4) is 0 Å². The number of hydrogen-bond donors (Lipinski definition) is 2. The summed E-state index contributed by atoms with van der Waals surface area (Å²) in [6.45, 7) is 2.58. The number of carbonyl (C=O) groups excluding carboxylic acids is 3. The predicted molar refractivity (Wildman–Crippen MR) is 132 cm³/mol. The van der Waals surface area contributed by atoms with Gasteiger partial charge in [-0.3, -0.25) is 9.59 Å². The van der Waals surface area contributed by atoms with Crippen LogP contribution in [0, 0.1) is 5.82 Å². The first-order chi connectivity index (χ1) is 16.9. The second-order valence-electron chi connectivity index (χ2n) is 7.10. The lowest BCUT2D eigenvalue weighted by atomic mass is 10.2. The molecule has 0 saturated carbocycles. The molecular formula is C25H21BrFN3O5. The van der Waals surface area contributed by atoms with Gasteiger partial charge in [0.15, 0.2) is 0 Å². The van der Waals surface area contributed by atoms with Gasteiger partial charge in [-0.2, -0.15) is 5.10 Å². The largest absolute Gasteiger partial charge is 0.494 e. The van der Waals surface area contributed by atoms with E-state index in [4.69, 9.17) is 9.47 Å². The molecule has 0 fully saturated rings. The summed E-state index contributed by atoms with van der Waals surface area (Å²) in [6.07, 6.45) is 2.11. The second kappa shape index (κ2) is 12.4. The summed E-state index contributed by atoms with van der Waals surface area (Å²) >= 11 is 3.33. The molecular weight excluding hydrogens is 521 g/mol. The zero-order valence-electron chi connectivity index (χ0n) is 18.6. The van der Waals surface area contributed by atoms with Gasteiger partial charge in [0.05, 0.1) is 18.4 Å². The van der Waals surface area contributed by atoms with E-state index in [2.05, 4.69) is 31.8 Å². The summed E-state index contributed by atoms with van der Waals surface area (Å²) < 4.78 is 24.6. The molecule has 2 N–H and O–H groups in total. The lowest BCUT2D eigenvalue weighted by Gasteiger charge is -2.09. The summed E-state index contributed by atoms with van der Waals surface area (Å²) in [5.41, 5.74) is 3.04. The Bertz CT molecular complexity index is 1230. The molecule has 2 amide bonds. The van der Waals surface area contributed by atoms with Crippen molar-refractivity contribution in [3.8, 4) is 11.5 Å². The number of esters is 1. The standard InChI is InChI=1S/C25H21BrFN3O5/c1-2-13-34-21-10-3-16(4-11-21)25(33)35-22-12-5-18(26)14-17(22)15-28-30-24(32)23(31)29-20-8-6-19(27)7-9-20/h3-12,14-15H,2,13H2,1H3,(H,29,31)(H,30,32). The Morgan fingerprint density at radius 1 is 1.00 bits per heavy atom. The first-order valence-electron chi connectivity index (χ1n) is 10.5. The van der Waals surface area contributed by atoms with Gasteiger partial charge in [-0.05, 0) is 73.2 Å². The molecule has 3 aromatic rings. The Hall–Kier alpha value is -4.05. The van der Waals surface area contributed by atoms with Crippen LogP contribution >= 0.6 is 15.9 Å². The van der Waals surface area contributed by atoms with Gasteiger partial charge >= 0.3 is 17.8 Å². The number of ether oxygens (including phenoxy) is 2. The molecule has 3 rings (SSSR count). The molecule has 35 heavy (non-hydrogen) atoms. The van der Waals surface area contributed by atoms with E-state index in [9.17, 15) is 18.8 Å². The highest BCUT2D eigenvalue weighted by Crippen LogP contribution is 2.23. The van der Waals surface area contributed by atoms with E-state index in [1.54, 1.807) is 42.5 Å². The highest BCUT2D eigenvalue weighted by Gasteiger charge is 2.14. The number of hydrazone groups is 1. The van der Waals surface area contributed by atoms with E-state index in [-0.39, 0.29) is 11.4 Å². The third-order valence-electron chi connectivity index (χ3n) is 4.42. The highest BCUT2D eigenvalue weighted by molar-refractivity contribution is 9.10. The van der Waals surface area contributed by atoms with E-state index in [1.807, 2.05) is 6.92 Å². The second-order valence-corrected chi connectivity index (χ2v) is 8.02. The Morgan fingerprint density at radius 3 is 2.40 bits per heavy atom. The van der Waals surface area contributed by atoms with Gasteiger partial charge in [0.25, 0.3) is 0 Å². The number of nitrogens with one attached hydrogen (secondary N) is 2. The van der Waals surface area contributed by atoms with E-state index in [0.29, 0.717) is 28.0 Å². The average molecular weight is 542 g/mol. The summed E-state index contributed by atoms with van der Waals surface area (Å²) in [6, 6.07) is 16.4. The Kier molecular flexibility index (Phi) is 9.08. The minimum absolute atomic E-state index is 0.193. The molecule has 3 aromatic carbocycles. The zero-order chi connectivity index (χ0) is 25.2. The molecule has 0 heterocycles. The normalized spacial score (nSPS) is 10.6. The van der Waals surface area contributed by atoms with Crippen LogP contribution in [0.4, 0.5) is 10.1 Å². The van der Waals surface area contributed by atoms with Crippen LogP contribution < -0.4 is 20.2 Å². The average Bonchev–Trinajstić information content (AvgIpc) is 2.85. The SMILES string of the molecule is CCCOc1ccc(C(=O)Oc2ccc(Br)cc2C=NNC(=O)C(=O)Nc2ccc(F)cc2)cc1. The molecule has 0 aromatic heterocycles. The van der Waals surface area contributed by atoms with Gasteiger partial charge in [0.2, 0.25) is 0 Å². The van der Waals surface area contributed by atoms with Gasteiger partial charge in [0.1, 0.15) is 17.3 Å². The van der Waals surface area contributed by atoms with Crippen molar-refractivity contribution < 1.29 is 28.2 Å². The molecule has 0 radical (unpaired) electrons. The predicted octanol–water partition coefficient (Wildman–Crippen LogP) is 4.69. The fraction of sp³-hybridized carbons (Fsp3) is 0.120. The third kappa shape index (κ3) is 7.75. The van der Waals surface area contributed by atoms with E-state index >= 15 is 0 Å². The summed E-state index contributed by atoms with van der Waals surface area (Å²) in [5, 5.41) is 6.09. The van der Waals surface area contributed by atoms with Gasteiger partial charge in [-0.25, -0.2) is 14.6 Å². The minimum Gasteiger partial charge on any atom is -0.494 e. The van der Waals surface area contributed by atoms with Crippen molar-refractivity contribution in [2.24, 2.45) is 5.10 Å². The van der Waals surface area contributed by atoms with Gasteiger partial charge in [0, 0.05) is 15.7 Å². The molecule has 0 aliphatic carbocycles. The Morgan fingerprint density at radius 2 is 1.71 bits per heavy atom. The summed E-state index contributed by atoms with van der Waals surface area (Å²) in [7, 11) is 0. The van der Waals surface area contributed by atoms with Crippen molar-refractivity contribution >= 4 is 45.6 Å². The van der Waals surface area contributed by atoms with Crippen LogP contribution in [0.5, 0.6) is 11.5 Å². The van der Waals surface area contributed by atoms with Crippen molar-refractivity contribution in [1.82, 2.24) is 5.43 Å². The topological polar surface area (TPSA) is 106 Å². The third-order valence-corrected chi connectivity index (χ3v) is 4.91. The molecule has 0 spiro atoms. The van der Waals surface area contributed by atoms with Crippen molar-refractivity contribution in [3.05, 3.63) is 88.1 Å². The first-order valence-corrected chi connectivity index (χ1v) is 11.3. The van der Waals surface area contributed by atoms with E-state index in [1.165, 1.54) is 18.3 Å². The van der Waals surface area contributed by atoms with Crippen molar-refractivity contribution in [1.29, 1.82) is 0 Å². The smallest absolute Gasteiger partial charge is 0.343 e. The lowest BCUT2D eigenvalue weighted by molar-refractivity contribution is -0.136. The number of nitrogens with zero attached hydrogens (tertiary/aromatic N) is 1. The molecule has 0 unspecified atom stereocenters. The minimum atomic E-state index is -1.04. The number of amides is 2. The van der Waals surface area contributed by atoms with Crippen LogP contribution in [0.25, 0.3) is 0 Å². The number of hydrogen-bond acceptors (Lipinski definition) is 6. The maximum Gasteiger partial charge on any atom is 0.343 e. The van der Waals surface area contributed by atoms with Crippen LogP contribution in [-0.2, 0) is 9.59 Å². The molecule has 0 aliphatic heterocycles. The number of halogens is 2. The molecule has 0 bridgehead atoms. The van der Waals surface area contributed by atoms with E-state index < -0.39 is 23.6 Å². The highest BCUT2D eigenvalue weighted by atomic mass is 79.9. The monoisotopic (exact) mass is 541 g/mol. The van der Waals surface area contributed by atoms with Gasteiger partial charge < -0.3 is 14.8 Å². The number of rotatable bonds is 8. The quantitative estimate of drug-likeness (QED) is 0.141. The molecule has 0 saturated heterocycles. The van der Waals surface area contributed by atoms with Crippen LogP contribution in [0.15, 0.2) is 76.3 Å². The number of anilines is 1. The first kappa shape index (κ1) is 25.6. The maximum atomic E-state index is 13.0. The summed E-state index contributed by atoms with van der Waals surface area (Å²) in [5.74, 6) is -2.24. The number of benzene rings is 3. The van der Waals surface area contributed by atoms with Crippen LogP contribution in [0.2, 0.25) is 0 Å². The van der Waals surface area contributed by atoms with Crippen LogP contribution in [0.1, 0.15) is 29.3 Å². The Labute approximate surface area is 209 Å². The number of carbonyl (C=O) groups is 3. The van der Waals surface area contributed by atoms with E-state index in [0.717, 1.165) is 18.6 Å². The molecule has 10 heteroatoms.